The molecule has 3 fully saturated rings. The van der Waals surface area contributed by atoms with Crippen LogP contribution < -0.4 is 0 Å². The minimum absolute atomic E-state index is 0.152. The maximum absolute atomic E-state index is 12.9. The zero-order chi connectivity index (χ0) is 14.1. The van der Waals surface area contributed by atoms with Crippen molar-refractivity contribution in [1.29, 1.82) is 0 Å². The van der Waals surface area contributed by atoms with Crippen molar-refractivity contribution >= 4 is 11.8 Å². The van der Waals surface area contributed by atoms with E-state index in [0.717, 1.165) is 25.8 Å². The van der Waals surface area contributed by atoms with E-state index in [2.05, 4.69) is 11.8 Å². The summed E-state index contributed by atoms with van der Waals surface area (Å²) in [5, 5.41) is 0. The quantitative estimate of drug-likeness (QED) is 0.690. The van der Waals surface area contributed by atoms with Crippen molar-refractivity contribution in [3.05, 3.63) is 0 Å². The Bertz CT molecular complexity index is 396. The van der Waals surface area contributed by atoms with Gasteiger partial charge in [0, 0.05) is 25.6 Å². The minimum atomic E-state index is -0.152. The molecule has 1 saturated carbocycles. The maximum Gasteiger partial charge on any atom is 0.245 e. The van der Waals surface area contributed by atoms with E-state index in [1.807, 2.05) is 4.90 Å². The second-order valence-corrected chi connectivity index (χ2v) is 6.71. The normalized spacial score (nSPS) is 35.8. The molecule has 0 spiro atoms. The Kier molecular flexibility index (Phi) is 3.99. The molecule has 4 heteroatoms. The van der Waals surface area contributed by atoms with Crippen LogP contribution in [0.2, 0.25) is 0 Å². The molecule has 0 bridgehead atoms. The van der Waals surface area contributed by atoms with Crippen molar-refractivity contribution < 1.29 is 9.59 Å². The van der Waals surface area contributed by atoms with E-state index in [-0.39, 0.29) is 17.9 Å². The second-order valence-electron chi connectivity index (χ2n) is 6.71. The number of rotatable bonds is 1. The van der Waals surface area contributed by atoms with Crippen LogP contribution in [-0.4, -0.2) is 46.8 Å². The van der Waals surface area contributed by atoms with Crippen LogP contribution in [0.5, 0.6) is 0 Å². The van der Waals surface area contributed by atoms with Gasteiger partial charge in [0.25, 0.3) is 0 Å². The highest BCUT2D eigenvalue weighted by molar-refractivity contribution is 5.90. The van der Waals surface area contributed by atoms with Gasteiger partial charge in [-0.05, 0) is 31.6 Å². The first-order valence-electron chi connectivity index (χ1n) is 8.28. The van der Waals surface area contributed by atoms with Crippen LogP contribution in [0.1, 0.15) is 58.3 Å². The molecule has 3 aliphatic rings. The van der Waals surface area contributed by atoms with E-state index >= 15 is 0 Å². The summed E-state index contributed by atoms with van der Waals surface area (Å²) in [6.07, 6.45) is 8.50. The third kappa shape index (κ3) is 2.45. The molecule has 2 saturated heterocycles. The van der Waals surface area contributed by atoms with Gasteiger partial charge in [0.15, 0.2) is 0 Å². The predicted molar refractivity (Wildman–Crippen MR) is 77.1 cm³/mol. The lowest BCUT2D eigenvalue weighted by Gasteiger charge is -2.35. The summed E-state index contributed by atoms with van der Waals surface area (Å²) in [6.45, 7) is 3.70. The lowest BCUT2D eigenvalue weighted by atomic mass is 9.94. The molecule has 112 valence electrons. The van der Waals surface area contributed by atoms with Gasteiger partial charge in [0.1, 0.15) is 6.04 Å². The molecule has 0 radical (unpaired) electrons. The summed E-state index contributed by atoms with van der Waals surface area (Å²) in [5.41, 5.74) is 0. The lowest BCUT2D eigenvalue weighted by molar-refractivity contribution is -0.141. The first kappa shape index (κ1) is 13.9. The van der Waals surface area contributed by atoms with Crippen molar-refractivity contribution in [3.63, 3.8) is 0 Å². The Morgan fingerprint density at radius 1 is 0.900 bits per heavy atom. The summed E-state index contributed by atoms with van der Waals surface area (Å²) in [6, 6.07) is 0.207. The zero-order valence-corrected chi connectivity index (χ0v) is 12.5. The molecular weight excluding hydrogens is 252 g/mol. The van der Waals surface area contributed by atoms with Gasteiger partial charge >= 0.3 is 0 Å². The van der Waals surface area contributed by atoms with Gasteiger partial charge in [-0.2, -0.15) is 0 Å². The van der Waals surface area contributed by atoms with E-state index in [4.69, 9.17) is 0 Å². The zero-order valence-electron chi connectivity index (χ0n) is 12.5. The van der Waals surface area contributed by atoms with Crippen molar-refractivity contribution in [2.45, 2.75) is 70.4 Å². The average molecular weight is 278 g/mol. The molecule has 0 aromatic carbocycles. The summed E-state index contributed by atoms with van der Waals surface area (Å²) in [4.78, 5) is 28.9. The molecule has 4 nitrogen and oxygen atoms in total. The SMILES string of the molecule is CC1CCCCCC1N1CCC(=O)N2CCCC2C1=O. The molecular formula is C16H26N2O2. The Balaban J connectivity index is 1.81. The fraction of sp³-hybridized carbons (Fsp3) is 0.875. The largest absolute Gasteiger partial charge is 0.337 e. The summed E-state index contributed by atoms with van der Waals surface area (Å²) < 4.78 is 0. The molecule has 0 aromatic heterocycles. The summed E-state index contributed by atoms with van der Waals surface area (Å²) in [7, 11) is 0. The first-order chi connectivity index (χ1) is 9.68. The third-order valence-corrected chi connectivity index (χ3v) is 5.42. The summed E-state index contributed by atoms with van der Waals surface area (Å²) >= 11 is 0. The highest BCUT2D eigenvalue weighted by Gasteiger charge is 2.42. The topological polar surface area (TPSA) is 40.6 Å². The van der Waals surface area contributed by atoms with Gasteiger partial charge < -0.3 is 9.80 Å². The fourth-order valence-electron chi connectivity index (χ4n) is 4.25. The molecule has 3 atom stereocenters. The van der Waals surface area contributed by atoms with Crippen LogP contribution >= 0.6 is 0 Å². The number of hydrogen-bond acceptors (Lipinski definition) is 2. The van der Waals surface area contributed by atoms with E-state index < -0.39 is 0 Å². The lowest BCUT2D eigenvalue weighted by Crippen LogP contribution is -2.49. The van der Waals surface area contributed by atoms with Crippen LogP contribution in [0.4, 0.5) is 0 Å². The van der Waals surface area contributed by atoms with E-state index in [0.29, 0.717) is 24.9 Å². The number of nitrogens with zero attached hydrogens (tertiary/aromatic N) is 2. The molecule has 2 heterocycles. The smallest absolute Gasteiger partial charge is 0.245 e. The van der Waals surface area contributed by atoms with Gasteiger partial charge in [-0.25, -0.2) is 0 Å². The molecule has 3 unspecified atom stereocenters. The van der Waals surface area contributed by atoms with E-state index in [1.54, 1.807) is 0 Å². The van der Waals surface area contributed by atoms with Crippen molar-refractivity contribution in [3.8, 4) is 0 Å². The minimum Gasteiger partial charge on any atom is -0.337 e. The molecule has 1 aliphatic carbocycles. The Labute approximate surface area is 121 Å². The van der Waals surface area contributed by atoms with Crippen LogP contribution in [0.15, 0.2) is 0 Å². The van der Waals surface area contributed by atoms with Crippen molar-refractivity contribution in [2.24, 2.45) is 5.92 Å². The Morgan fingerprint density at radius 2 is 1.70 bits per heavy atom. The summed E-state index contributed by atoms with van der Waals surface area (Å²) in [5.74, 6) is 0.987. The van der Waals surface area contributed by atoms with Crippen LogP contribution in [0, 0.1) is 5.92 Å². The number of carbonyl (C=O) groups excluding carboxylic acids is 2. The molecule has 0 N–H and O–H groups in total. The maximum atomic E-state index is 12.9. The van der Waals surface area contributed by atoms with Crippen LogP contribution in [0.25, 0.3) is 0 Å². The first-order valence-corrected chi connectivity index (χ1v) is 8.28. The monoisotopic (exact) mass is 278 g/mol. The number of fused-ring (bicyclic) bond motifs is 1. The number of carbonyl (C=O) groups is 2. The Hall–Kier alpha value is -1.06. The highest BCUT2D eigenvalue weighted by atomic mass is 16.2. The van der Waals surface area contributed by atoms with Crippen LogP contribution in [-0.2, 0) is 9.59 Å². The molecule has 2 amide bonds. The molecule has 3 rings (SSSR count). The number of hydrogen-bond donors (Lipinski definition) is 0. The van der Waals surface area contributed by atoms with Gasteiger partial charge in [0.2, 0.25) is 11.8 Å². The Morgan fingerprint density at radius 3 is 2.55 bits per heavy atom. The predicted octanol–water partition coefficient (Wildman–Crippen LogP) is 2.18. The fourth-order valence-corrected chi connectivity index (χ4v) is 4.25. The van der Waals surface area contributed by atoms with Gasteiger partial charge in [-0.15, -0.1) is 0 Å². The average Bonchev–Trinajstić information content (AvgIpc) is 2.79. The van der Waals surface area contributed by atoms with Gasteiger partial charge in [-0.3, -0.25) is 9.59 Å². The third-order valence-electron chi connectivity index (χ3n) is 5.42. The second kappa shape index (κ2) is 5.74. The van der Waals surface area contributed by atoms with E-state index in [1.165, 1.54) is 25.7 Å². The molecule has 20 heavy (non-hydrogen) atoms. The number of amides is 2. The van der Waals surface area contributed by atoms with Gasteiger partial charge in [-0.1, -0.05) is 26.2 Å². The molecule has 0 aromatic rings. The van der Waals surface area contributed by atoms with Gasteiger partial charge in [0.05, 0.1) is 0 Å². The molecule has 2 aliphatic heterocycles. The highest BCUT2D eigenvalue weighted by Crippen LogP contribution is 2.31. The van der Waals surface area contributed by atoms with E-state index in [9.17, 15) is 9.59 Å². The van der Waals surface area contributed by atoms with Crippen LogP contribution in [0.3, 0.4) is 0 Å². The van der Waals surface area contributed by atoms with Crippen molar-refractivity contribution in [2.75, 3.05) is 13.1 Å². The van der Waals surface area contributed by atoms with Crippen molar-refractivity contribution in [1.82, 2.24) is 9.80 Å². The standard InChI is InChI=1S/C16H26N2O2/c1-12-6-3-2-4-7-13(12)18-11-9-15(19)17-10-5-8-14(17)16(18)20/h12-14H,2-11H2,1H3.